The second-order valence-electron chi connectivity index (χ2n) is 5.26. The SMILES string of the molecule is Cc1cc(Nc2cccc(C(F)(F)F)c2)c2cc(Cl)ccc2[nH+]1. The molecule has 0 aliphatic heterocycles. The Labute approximate surface area is 135 Å². The Morgan fingerprint density at radius 2 is 1.83 bits per heavy atom. The van der Waals surface area contributed by atoms with E-state index in [0.29, 0.717) is 16.4 Å². The molecule has 23 heavy (non-hydrogen) atoms. The second-order valence-corrected chi connectivity index (χ2v) is 5.70. The number of hydrogen-bond donors (Lipinski definition) is 1. The van der Waals surface area contributed by atoms with Crippen LogP contribution in [0.1, 0.15) is 11.3 Å². The van der Waals surface area contributed by atoms with Crippen molar-refractivity contribution in [3.8, 4) is 0 Å². The van der Waals surface area contributed by atoms with E-state index in [9.17, 15) is 13.2 Å². The molecule has 0 radical (unpaired) electrons. The van der Waals surface area contributed by atoms with Gasteiger partial charge in [0.2, 0.25) is 5.52 Å². The predicted octanol–water partition coefficient (Wildman–Crippen LogP) is 5.38. The number of halogens is 4. The molecule has 3 aromatic rings. The van der Waals surface area contributed by atoms with Crippen molar-refractivity contribution in [3.05, 3.63) is 64.8 Å². The summed E-state index contributed by atoms with van der Waals surface area (Å²) in [7, 11) is 0. The fourth-order valence-corrected chi connectivity index (χ4v) is 2.60. The zero-order chi connectivity index (χ0) is 16.6. The zero-order valence-electron chi connectivity index (χ0n) is 12.1. The first-order chi connectivity index (χ1) is 10.8. The van der Waals surface area contributed by atoms with E-state index >= 15 is 0 Å². The molecule has 2 aromatic carbocycles. The van der Waals surface area contributed by atoms with Crippen LogP contribution in [-0.4, -0.2) is 0 Å². The number of fused-ring (bicyclic) bond motifs is 1. The highest BCUT2D eigenvalue weighted by molar-refractivity contribution is 6.31. The lowest BCUT2D eigenvalue weighted by atomic mass is 10.1. The quantitative estimate of drug-likeness (QED) is 0.667. The number of anilines is 2. The smallest absolute Gasteiger partial charge is 0.355 e. The Kier molecular flexibility index (Phi) is 3.90. The number of rotatable bonds is 2. The molecule has 0 atom stereocenters. The van der Waals surface area contributed by atoms with Crippen LogP contribution < -0.4 is 10.3 Å². The van der Waals surface area contributed by atoms with E-state index < -0.39 is 11.7 Å². The molecule has 2 N–H and O–H groups in total. The Morgan fingerprint density at radius 1 is 1.04 bits per heavy atom. The van der Waals surface area contributed by atoms with Crippen LogP contribution in [0.5, 0.6) is 0 Å². The average molecular weight is 338 g/mol. The van der Waals surface area contributed by atoms with E-state index in [1.807, 2.05) is 19.1 Å². The minimum atomic E-state index is -4.37. The Bertz CT molecular complexity index is 875. The largest absolute Gasteiger partial charge is 0.416 e. The molecule has 2 nitrogen and oxygen atoms in total. The molecule has 0 aliphatic carbocycles. The number of H-pyrrole nitrogens is 1. The summed E-state index contributed by atoms with van der Waals surface area (Å²) in [6.45, 7) is 1.88. The molecular formula is C17H13ClF3N2+. The van der Waals surface area contributed by atoms with Crippen molar-refractivity contribution in [2.24, 2.45) is 0 Å². The third-order valence-corrected chi connectivity index (χ3v) is 3.67. The number of aromatic nitrogens is 1. The number of alkyl halides is 3. The lowest BCUT2D eigenvalue weighted by Gasteiger charge is -2.11. The van der Waals surface area contributed by atoms with Crippen LogP contribution in [0.2, 0.25) is 5.02 Å². The van der Waals surface area contributed by atoms with Gasteiger partial charge in [0.15, 0.2) is 5.69 Å². The summed E-state index contributed by atoms with van der Waals surface area (Å²) in [6.07, 6.45) is -4.37. The van der Waals surface area contributed by atoms with Crippen LogP contribution in [0.3, 0.4) is 0 Å². The van der Waals surface area contributed by atoms with E-state index in [-0.39, 0.29) is 0 Å². The summed E-state index contributed by atoms with van der Waals surface area (Å²) in [4.78, 5) is 3.20. The lowest BCUT2D eigenvalue weighted by molar-refractivity contribution is -0.354. The fourth-order valence-electron chi connectivity index (χ4n) is 2.42. The van der Waals surface area contributed by atoms with Crippen molar-refractivity contribution in [1.29, 1.82) is 0 Å². The van der Waals surface area contributed by atoms with Crippen LogP contribution in [0.15, 0.2) is 48.5 Å². The van der Waals surface area contributed by atoms with Crippen LogP contribution in [-0.2, 0) is 6.18 Å². The number of benzene rings is 2. The number of hydrogen-bond acceptors (Lipinski definition) is 1. The van der Waals surface area contributed by atoms with Gasteiger partial charge in [-0.25, -0.2) is 4.98 Å². The maximum Gasteiger partial charge on any atom is 0.416 e. The monoisotopic (exact) mass is 337 g/mol. The minimum absolute atomic E-state index is 0.367. The molecule has 6 heteroatoms. The standard InChI is InChI=1S/C17H12ClF3N2/c1-10-7-16(14-9-12(18)5-6-15(14)22-10)23-13-4-2-3-11(8-13)17(19,20)21/h2-9H,1H3,(H,22,23)/p+1. The van der Waals surface area contributed by atoms with Crippen LogP contribution in [0, 0.1) is 6.92 Å². The van der Waals surface area contributed by atoms with Gasteiger partial charge in [-0.05, 0) is 30.3 Å². The zero-order valence-corrected chi connectivity index (χ0v) is 12.9. The second kappa shape index (κ2) is 5.74. The highest BCUT2D eigenvalue weighted by Crippen LogP contribution is 2.32. The Hall–Kier alpha value is -2.27. The summed E-state index contributed by atoms with van der Waals surface area (Å²) < 4.78 is 38.5. The van der Waals surface area contributed by atoms with Gasteiger partial charge in [0.25, 0.3) is 0 Å². The third-order valence-electron chi connectivity index (χ3n) is 3.43. The van der Waals surface area contributed by atoms with Crippen molar-refractivity contribution in [1.82, 2.24) is 0 Å². The van der Waals surface area contributed by atoms with Gasteiger partial charge < -0.3 is 5.32 Å². The molecule has 3 rings (SSSR count). The molecular weight excluding hydrogens is 325 g/mol. The van der Waals surface area contributed by atoms with Crippen molar-refractivity contribution >= 4 is 33.9 Å². The van der Waals surface area contributed by atoms with E-state index in [2.05, 4.69) is 10.3 Å². The van der Waals surface area contributed by atoms with Gasteiger partial charge in [0, 0.05) is 29.8 Å². The average Bonchev–Trinajstić information content (AvgIpc) is 2.47. The first-order valence-electron chi connectivity index (χ1n) is 6.89. The summed E-state index contributed by atoms with van der Waals surface area (Å²) in [5.41, 5.74) is 2.10. The molecule has 0 unspecified atom stereocenters. The van der Waals surface area contributed by atoms with Crippen molar-refractivity contribution in [2.45, 2.75) is 13.1 Å². The van der Waals surface area contributed by atoms with Crippen molar-refractivity contribution < 1.29 is 18.2 Å². The van der Waals surface area contributed by atoms with Crippen LogP contribution in [0.25, 0.3) is 10.9 Å². The number of nitrogens with one attached hydrogen (secondary N) is 2. The van der Waals surface area contributed by atoms with E-state index in [4.69, 9.17) is 11.6 Å². The molecule has 1 aromatic heterocycles. The van der Waals surface area contributed by atoms with E-state index in [1.54, 1.807) is 18.2 Å². The van der Waals surface area contributed by atoms with Gasteiger partial charge in [-0.15, -0.1) is 0 Å². The Morgan fingerprint density at radius 3 is 2.57 bits per heavy atom. The van der Waals surface area contributed by atoms with Gasteiger partial charge in [0.05, 0.1) is 16.6 Å². The van der Waals surface area contributed by atoms with Gasteiger partial charge in [-0.2, -0.15) is 13.2 Å². The molecule has 118 valence electrons. The summed E-state index contributed by atoms with van der Waals surface area (Å²) in [5, 5.41) is 4.41. The van der Waals surface area contributed by atoms with E-state index in [1.165, 1.54) is 6.07 Å². The third kappa shape index (κ3) is 3.40. The first-order valence-corrected chi connectivity index (χ1v) is 7.27. The van der Waals surface area contributed by atoms with Crippen LogP contribution in [0.4, 0.5) is 24.5 Å². The molecule has 0 amide bonds. The van der Waals surface area contributed by atoms with Gasteiger partial charge in [0.1, 0.15) is 0 Å². The highest BCUT2D eigenvalue weighted by Gasteiger charge is 2.30. The van der Waals surface area contributed by atoms with Crippen molar-refractivity contribution in [2.75, 3.05) is 5.32 Å². The highest BCUT2D eigenvalue weighted by atomic mass is 35.5. The van der Waals surface area contributed by atoms with Gasteiger partial charge in [-0.1, -0.05) is 17.7 Å². The lowest BCUT2D eigenvalue weighted by Crippen LogP contribution is -2.10. The minimum Gasteiger partial charge on any atom is -0.355 e. The molecule has 0 saturated heterocycles. The Balaban J connectivity index is 2.06. The molecule has 0 spiro atoms. The maximum absolute atomic E-state index is 12.8. The van der Waals surface area contributed by atoms with Crippen molar-refractivity contribution in [3.63, 3.8) is 0 Å². The number of aryl methyl sites for hydroxylation is 1. The molecule has 0 fully saturated rings. The van der Waals surface area contributed by atoms with Crippen LogP contribution >= 0.6 is 11.6 Å². The van der Waals surface area contributed by atoms with Gasteiger partial charge in [-0.3, -0.25) is 0 Å². The maximum atomic E-state index is 12.8. The summed E-state index contributed by atoms with van der Waals surface area (Å²) >= 11 is 6.03. The molecule has 0 bridgehead atoms. The number of aromatic amines is 1. The number of pyridine rings is 1. The van der Waals surface area contributed by atoms with Gasteiger partial charge >= 0.3 is 6.18 Å². The molecule has 0 saturated carbocycles. The topological polar surface area (TPSA) is 26.2 Å². The molecule has 0 aliphatic rings. The fraction of sp³-hybridized carbons (Fsp3) is 0.118. The summed E-state index contributed by atoms with van der Waals surface area (Å²) in [5.74, 6) is 0. The molecule has 1 heterocycles. The predicted molar refractivity (Wildman–Crippen MR) is 85.0 cm³/mol. The summed E-state index contributed by atoms with van der Waals surface area (Å²) in [6, 6.07) is 12.3. The first kappa shape index (κ1) is 15.6. The van der Waals surface area contributed by atoms with E-state index in [0.717, 1.165) is 28.7 Å². The normalized spacial score (nSPS) is 11.7.